The molecule has 0 unspecified atom stereocenters. The van der Waals surface area contributed by atoms with Gasteiger partial charge in [0.1, 0.15) is 0 Å². The lowest BCUT2D eigenvalue weighted by Gasteiger charge is -2.17. The van der Waals surface area contributed by atoms with E-state index < -0.39 is 17.8 Å². The van der Waals surface area contributed by atoms with Crippen LogP contribution in [0.25, 0.3) is 0 Å². The molecule has 1 aromatic rings. The summed E-state index contributed by atoms with van der Waals surface area (Å²) < 4.78 is 10.2. The normalized spacial score (nSPS) is 13.5. The molecule has 0 saturated heterocycles. The number of hydrogen-bond donors (Lipinski definition) is 0. The summed E-state index contributed by atoms with van der Waals surface area (Å²) >= 11 is 0. The largest absolute Gasteiger partial charge is 0.382 e. The number of fused-ring (bicyclic) bond motifs is 1. The highest BCUT2D eigenvalue weighted by molar-refractivity contribution is 6.20. The second-order valence-corrected chi connectivity index (χ2v) is 5.57. The molecule has 0 fully saturated rings. The summed E-state index contributed by atoms with van der Waals surface area (Å²) in [6, 6.07) is 6.36. The summed E-state index contributed by atoms with van der Waals surface area (Å²) in [5.41, 5.74) is 0.483. The van der Waals surface area contributed by atoms with Crippen LogP contribution >= 0.6 is 0 Å². The van der Waals surface area contributed by atoms with Gasteiger partial charge in [0.05, 0.1) is 37.4 Å². The van der Waals surface area contributed by atoms with Crippen LogP contribution in [-0.2, 0) is 19.1 Å². The van der Waals surface area contributed by atoms with Gasteiger partial charge in [0.25, 0.3) is 11.8 Å². The first-order valence-electron chi connectivity index (χ1n) is 7.98. The Hall–Kier alpha value is -2.29. The van der Waals surface area contributed by atoms with Crippen molar-refractivity contribution in [2.75, 3.05) is 47.1 Å². The fourth-order valence-corrected chi connectivity index (χ4v) is 2.26. The number of carbonyl (C=O) groups excluding carboxylic acids is 3. The Balaban J connectivity index is 1.72. The molecule has 0 radical (unpaired) electrons. The van der Waals surface area contributed by atoms with E-state index in [-0.39, 0.29) is 17.5 Å². The molecule has 8 nitrogen and oxygen atoms in total. The first kappa shape index (κ1) is 19.0. The first-order chi connectivity index (χ1) is 12.0. The zero-order chi connectivity index (χ0) is 18.2. The van der Waals surface area contributed by atoms with E-state index in [9.17, 15) is 14.4 Å². The van der Waals surface area contributed by atoms with Gasteiger partial charge in [-0.05, 0) is 19.2 Å². The fraction of sp³-hybridized carbons (Fsp3) is 0.471. The third kappa shape index (κ3) is 5.09. The Morgan fingerprint density at radius 3 is 2.28 bits per heavy atom. The predicted octanol–water partition coefficient (Wildman–Crippen LogP) is 0.726. The van der Waals surface area contributed by atoms with Crippen molar-refractivity contribution in [1.29, 1.82) is 0 Å². The summed E-state index contributed by atoms with van der Waals surface area (Å²) in [5.74, 6) is -1.87. The average Bonchev–Trinajstić information content (AvgIpc) is 2.85. The third-order valence-corrected chi connectivity index (χ3v) is 3.70. The zero-order valence-electron chi connectivity index (χ0n) is 14.4. The molecule has 0 saturated carbocycles. The minimum atomic E-state index is -0.637. The maximum absolute atomic E-state index is 12.1. The number of imide groups is 1. The smallest absolute Gasteiger partial charge is 0.334 e. The molecule has 0 bridgehead atoms. The van der Waals surface area contributed by atoms with Crippen molar-refractivity contribution >= 4 is 17.8 Å². The Bertz CT molecular complexity index is 598. The Morgan fingerprint density at radius 2 is 1.68 bits per heavy atom. The molecule has 0 atom stereocenters. The second-order valence-electron chi connectivity index (χ2n) is 5.57. The highest BCUT2D eigenvalue weighted by atomic mass is 16.7. The standard InChI is InChI=1S/C17H22N2O6/c1-18(9-10-24-12-11-23-2)8-7-15(20)25-19-16(21)13-5-3-4-6-14(13)17(19)22/h3-6H,7-12H2,1-2H3. The number of amides is 2. The third-order valence-electron chi connectivity index (χ3n) is 3.70. The van der Waals surface area contributed by atoms with E-state index in [2.05, 4.69) is 0 Å². The van der Waals surface area contributed by atoms with Crippen LogP contribution in [0.2, 0.25) is 0 Å². The van der Waals surface area contributed by atoms with Crippen molar-refractivity contribution in [3.05, 3.63) is 35.4 Å². The first-order valence-corrected chi connectivity index (χ1v) is 7.98. The number of methoxy groups -OCH3 is 1. The summed E-state index contributed by atoms with van der Waals surface area (Å²) in [6.45, 7) is 2.65. The number of nitrogens with zero attached hydrogens (tertiary/aromatic N) is 2. The van der Waals surface area contributed by atoms with Gasteiger partial charge in [-0.1, -0.05) is 17.2 Å². The van der Waals surface area contributed by atoms with Gasteiger partial charge >= 0.3 is 5.97 Å². The molecule has 0 N–H and O–H groups in total. The molecule has 1 heterocycles. The SMILES string of the molecule is COCCOCCN(C)CCC(=O)ON1C(=O)c2ccccc2C1=O. The van der Waals surface area contributed by atoms with Crippen LogP contribution in [0.1, 0.15) is 27.1 Å². The van der Waals surface area contributed by atoms with E-state index in [0.29, 0.717) is 38.0 Å². The highest BCUT2D eigenvalue weighted by Gasteiger charge is 2.38. The van der Waals surface area contributed by atoms with Gasteiger partial charge in [-0.2, -0.15) is 0 Å². The van der Waals surface area contributed by atoms with Crippen LogP contribution < -0.4 is 0 Å². The van der Waals surface area contributed by atoms with Crippen LogP contribution in [0.4, 0.5) is 0 Å². The summed E-state index contributed by atoms with van der Waals surface area (Å²) in [5, 5.41) is 0.529. The molecular formula is C17H22N2O6. The van der Waals surface area contributed by atoms with Crippen LogP contribution in [-0.4, -0.2) is 74.8 Å². The van der Waals surface area contributed by atoms with Crippen molar-refractivity contribution < 1.29 is 28.7 Å². The highest BCUT2D eigenvalue weighted by Crippen LogP contribution is 2.22. The van der Waals surface area contributed by atoms with E-state index >= 15 is 0 Å². The minimum absolute atomic E-state index is 0.0575. The van der Waals surface area contributed by atoms with Crippen LogP contribution in [0.5, 0.6) is 0 Å². The number of carbonyl (C=O) groups is 3. The molecule has 2 amide bonds. The van der Waals surface area contributed by atoms with E-state index in [0.717, 1.165) is 0 Å². The molecule has 1 aliphatic rings. The van der Waals surface area contributed by atoms with E-state index in [1.165, 1.54) is 12.1 Å². The quantitative estimate of drug-likeness (QED) is 0.454. The molecule has 1 aromatic carbocycles. The lowest BCUT2D eigenvalue weighted by molar-refractivity contribution is -0.168. The molecule has 0 spiro atoms. The predicted molar refractivity (Wildman–Crippen MR) is 87.8 cm³/mol. The minimum Gasteiger partial charge on any atom is -0.382 e. The number of benzene rings is 1. The number of rotatable bonds is 10. The summed E-state index contributed by atoms with van der Waals surface area (Å²) in [6.07, 6.45) is 0.0575. The van der Waals surface area contributed by atoms with Gasteiger partial charge < -0.3 is 19.2 Å². The fourth-order valence-electron chi connectivity index (χ4n) is 2.26. The number of hydrogen-bond acceptors (Lipinski definition) is 7. The molecule has 136 valence electrons. The molecule has 1 aliphatic heterocycles. The van der Waals surface area contributed by atoms with E-state index in [1.54, 1.807) is 19.2 Å². The zero-order valence-corrected chi connectivity index (χ0v) is 14.4. The number of ether oxygens (including phenoxy) is 2. The van der Waals surface area contributed by atoms with Crippen LogP contribution in [0.3, 0.4) is 0 Å². The molecular weight excluding hydrogens is 328 g/mol. The maximum atomic E-state index is 12.1. The van der Waals surface area contributed by atoms with E-state index in [1.807, 2.05) is 11.9 Å². The van der Waals surface area contributed by atoms with Crippen LogP contribution in [0.15, 0.2) is 24.3 Å². The summed E-state index contributed by atoms with van der Waals surface area (Å²) in [4.78, 5) is 43.0. The Morgan fingerprint density at radius 1 is 1.04 bits per heavy atom. The van der Waals surface area contributed by atoms with Gasteiger partial charge in [0, 0.05) is 20.2 Å². The topological polar surface area (TPSA) is 85.4 Å². The lowest BCUT2D eigenvalue weighted by Crippen LogP contribution is -2.34. The molecule has 8 heteroatoms. The van der Waals surface area contributed by atoms with Crippen LogP contribution in [0, 0.1) is 0 Å². The van der Waals surface area contributed by atoms with Gasteiger partial charge in [0.2, 0.25) is 0 Å². The Kier molecular flexibility index (Phi) is 7.05. The number of hydroxylamine groups is 2. The Labute approximate surface area is 146 Å². The van der Waals surface area contributed by atoms with Crippen molar-refractivity contribution in [2.24, 2.45) is 0 Å². The van der Waals surface area contributed by atoms with Gasteiger partial charge in [-0.25, -0.2) is 4.79 Å². The van der Waals surface area contributed by atoms with E-state index in [4.69, 9.17) is 14.3 Å². The van der Waals surface area contributed by atoms with Crippen molar-refractivity contribution in [2.45, 2.75) is 6.42 Å². The molecule has 25 heavy (non-hydrogen) atoms. The molecule has 2 rings (SSSR count). The number of likely N-dealkylation sites (N-methyl/N-ethyl adjacent to an activating group) is 1. The van der Waals surface area contributed by atoms with Gasteiger partial charge in [-0.3, -0.25) is 9.59 Å². The maximum Gasteiger partial charge on any atom is 0.334 e. The molecule has 0 aliphatic carbocycles. The summed E-state index contributed by atoms with van der Waals surface area (Å²) in [7, 11) is 3.45. The van der Waals surface area contributed by atoms with Gasteiger partial charge in [-0.15, -0.1) is 0 Å². The lowest BCUT2D eigenvalue weighted by atomic mass is 10.1. The van der Waals surface area contributed by atoms with Crippen molar-refractivity contribution in [3.8, 4) is 0 Å². The second kappa shape index (κ2) is 9.26. The molecule has 0 aromatic heterocycles. The monoisotopic (exact) mass is 350 g/mol. The van der Waals surface area contributed by atoms with Gasteiger partial charge in [0.15, 0.2) is 0 Å². The van der Waals surface area contributed by atoms with Crippen molar-refractivity contribution in [1.82, 2.24) is 9.96 Å². The average molecular weight is 350 g/mol. The van der Waals surface area contributed by atoms with Crippen molar-refractivity contribution in [3.63, 3.8) is 0 Å².